The highest BCUT2D eigenvalue weighted by Crippen LogP contribution is 2.05. The number of hydrogen-bond donors (Lipinski definition) is 1. The van der Waals surface area contributed by atoms with E-state index < -0.39 is 0 Å². The predicted octanol–water partition coefficient (Wildman–Crippen LogP) is 1.24. The number of ether oxygens (including phenoxy) is 1. The summed E-state index contributed by atoms with van der Waals surface area (Å²) in [5.41, 5.74) is 6.06. The summed E-state index contributed by atoms with van der Waals surface area (Å²) in [6.45, 7) is 1.75. The van der Waals surface area contributed by atoms with Crippen LogP contribution < -0.4 is 5.73 Å². The minimum absolute atomic E-state index is 0.0551. The Balaban J connectivity index is 2.65. The monoisotopic (exact) mass is 281 g/mol. The Hall–Kier alpha value is -1.53. The average Bonchev–Trinajstić information content (AvgIpc) is 2.42. The molecule has 1 amide bonds. The molecular formula is C13H19N3O2S. The number of pyridine rings is 1. The fraction of sp³-hybridized carbons (Fsp3) is 0.462. The Morgan fingerprint density at radius 3 is 2.89 bits per heavy atom. The first-order valence-electron chi connectivity index (χ1n) is 6.11. The zero-order valence-corrected chi connectivity index (χ0v) is 11.9. The lowest BCUT2D eigenvalue weighted by atomic mass is 10.2. The molecule has 2 N–H and O–H groups in total. The number of aromatic nitrogens is 1. The number of thiocarbonyl (C=S) groups is 1. The van der Waals surface area contributed by atoms with Crippen LogP contribution in [0.25, 0.3) is 0 Å². The van der Waals surface area contributed by atoms with Gasteiger partial charge < -0.3 is 15.4 Å². The van der Waals surface area contributed by atoms with Crippen LogP contribution in [0.2, 0.25) is 0 Å². The lowest BCUT2D eigenvalue weighted by molar-refractivity contribution is 0.0741. The molecule has 0 fully saturated rings. The molecule has 0 unspecified atom stereocenters. The summed E-state index contributed by atoms with van der Waals surface area (Å²) in [4.78, 5) is 18.4. The summed E-state index contributed by atoms with van der Waals surface area (Å²) >= 11 is 4.86. The zero-order valence-electron chi connectivity index (χ0n) is 11.0. The summed E-state index contributed by atoms with van der Waals surface area (Å²) in [6, 6.07) is 3.49. The van der Waals surface area contributed by atoms with Crippen molar-refractivity contribution < 1.29 is 9.53 Å². The van der Waals surface area contributed by atoms with E-state index in [-0.39, 0.29) is 5.91 Å². The van der Waals surface area contributed by atoms with E-state index in [9.17, 15) is 4.79 Å². The SMILES string of the molecule is COCCCN(CCC(N)=S)C(=O)c1cccnc1. The minimum atomic E-state index is -0.0551. The van der Waals surface area contributed by atoms with Crippen LogP contribution in [0.1, 0.15) is 23.2 Å². The van der Waals surface area contributed by atoms with Crippen LogP contribution in [0.15, 0.2) is 24.5 Å². The quantitative estimate of drug-likeness (QED) is 0.573. The van der Waals surface area contributed by atoms with Crippen molar-refractivity contribution in [3.8, 4) is 0 Å². The summed E-state index contributed by atoms with van der Waals surface area (Å²) in [7, 11) is 1.64. The molecule has 104 valence electrons. The number of rotatable bonds is 8. The summed E-state index contributed by atoms with van der Waals surface area (Å²) < 4.78 is 5.00. The van der Waals surface area contributed by atoms with Crippen LogP contribution in [0, 0.1) is 0 Å². The van der Waals surface area contributed by atoms with E-state index in [1.807, 2.05) is 0 Å². The molecule has 0 spiro atoms. The zero-order chi connectivity index (χ0) is 14.1. The van der Waals surface area contributed by atoms with Gasteiger partial charge in [-0.25, -0.2) is 0 Å². The van der Waals surface area contributed by atoms with Crippen molar-refractivity contribution >= 4 is 23.1 Å². The molecule has 0 atom stereocenters. The number of carbonyl (C=O) groups excluding carboxylic acids is 1. The van der Waals surface area contributed by atoms with Crippen LogP contribution in [0.5, 0.6) is 0 Å². The van der Waals surface area contributed by atoms with Crippen molar-refractivity contribution in [3.05, 3.63) is 30.1 Å². The van der Waals surface area contributed by atoms with Gasteiger partial charge in [-0.3, -0.25) is 9.78 Å². The second-order valence-corrected chi connectivity index (χ2v) is 4.62. The van der Waals surface area contributed by atoms with Crippen LogP contribution in [-0.4, -0.2) is 47.6 Å². The standard InChI is InChI=1S/C13H19N3O2S/c1-18-9-3-7-16(8-5-12(14)19)13(17)11-4-2-6-15-10-11/h2,4,6,10H,3,5,7-9H2,1H3,(H2,14,19). The van der Waals surface area contributed by atoms with E-state index in [1.54, 1.807) is 36.5 Å². The third-order valence-electron chi connectivity index (χ3n) is 2.60. The number of methoxy groups -OCH3 is 1. The second-order valence-electron chi connectivity index (χ2n) is 4.10. The molecule has 0 bridgehead atoms. The van der Waals surface area contributed by atoms with Gasteiger partial charge in [-0.1, -0.05) is 12.2 Å². The fourth-order valence-corrected chi connectivity index (χ4v) is 1.72. The number of hydrogen-bond acceptors (Lipinski definition) is 4. The molecule has 1 rings (SSSR count). The van der Waals surface area contributed by atoms with Crippen molar-refractivity contribution in [1.82, 2.24) is 9.88 Å². The first-order valence-corrected chi connectivity index (χ1v) is 6.52. The lowest BCUT2D eigenvalue weighted by Gasteiger charge is -2.22. The Bertz CT molecular complexity index is 412. The number of carbonyl (C=O) groups is 1. The lowest BCUT2D eigenvalue weighted by Crippen LogP contribution is -2.35. The maximum atomic E-state index is 12.3. The van der Waals surface area contributed by atoms with E-state index in [0.717, 1.165) is 6.42 Å². The van der Waals surface area contributed by atoms with E-state index in [1.165, 1.54) is 0 Å². The van der Waals surface area contributed by atoms with Gasteiger partial charge in [0.1, 0.15) is 0 Å². The molecule has 0 radical (unpaired) electrons. The van der Waals surface area contributed by atoms with Crippen molar-refractivity contribution in [1.29, 1.82) is 0 Å². The highest BCUT2D eigenvalue weighted by molar-refractivity contribution is 7.80. The molecule has 19 heavy (non-hydrogen) atoms. The summed E-state index contributed by atoms with van der Waals surface area (Å²) in [5, 5.41) is 0. The van der Waals surface area contributed by atoms with Crippen molar-refractivity contribution in [2.75, 3.05) is 26.8 Å². The maximum Gasteiger partial charge on any atom is 0.255 e. The minimum Gasteiger partial charge on any atom is -0.393 e. The number of amides is 1. The third kappa shape index (κ3) is 5.76. The van der Waals surface area contributed by atoms with Gasteiger partial charge in [-0.2, -0.15) is 0 Å². The molecule has 1 aromatic rings. The first kappa shape index (κ1) is 15.5. The van der Waals surface area contributed by atoms with Crippen molar-refractivity contribution in [2.24, 2.45) is 5.73 Å². The molecule has 5 nitrogen and oxygen atoms in total. The fourth-order valence-electron chi connectivity index (χ4n) is 1.63. The van der Waals surface area contributed by atoms with E-state index in [4.69, 9.17) is 22.7 Å². The van der Waals surface area contributed by atoms with Gasteiger partial charge in [0.2, 0.25) is 0 Å². The van der Waals surface area contributed by atoms with Crippen molar-refractivity contribution in [3.63, 3.8) is 0 Å². The summed E-state index contributed by atoms with van der Waals surface area (Å²) in [6.07, 6.45) is 4.50. The summed E-state index contributed by atoms with van der Waals surface area (Å²) in [5.74, 6) is -0.0551. The van der Waals surface area contributed by atoms with Gasteiger partial charge in [-0.05, 0) is 18.6 Å². The van der Waals surface area contributed by atoms with Crippen LogP contribution in [-0.2, 0) is 4.74 Å². The third-order valence-corrected chi connectivity index (χ3v) is 2.80. The molecular weight excluding hydrogens is 262 g/mol. The van der Waals surface area contributed by atoms with Crippen LogP contribution in [0.4, 0.5) is 0 Å². The van der Waals surface area contributed by atoms with Gasteiger partial charge in [0.15, 0.2) is 0 Å². The van der Waals surface area contributed by atoms with Crippen LogP contribution in [0.3, 0.4) is 0 Å². The normalized spacial score (nSPS) is 10.2. The second kappa shape index (κ2) is 8.55. The molecule has 0 saturated carbocycles. The molecule has 1 aromatic heterocycles. The molecule has 0 aliphatic rings. The Morgan fingerprint density at radius 2 is 2.32 bits per heavy atom. The molecule has 1 heterocycles. The molecule has 0 saturated heterocycles. The largest absolute Gasteiger partial charge is 0.393 e. The van der Waals surface area contributed by atoms with Gasteiger partial charge in [-0.15, -0.1) is 0 Å². The number of nitrogens with two attached hydrogens (primary N) is 1. The number of nitrogens with zero attached hydrogens (tertiary/aromatic N) is 2. The van der Waals surface area contributed by atoms with Gasteiger partial charge in [0, 0.05) is 45.6 Å². The molecule has 6 heteroatoms. The molecule has 0 aliphatic heterocycles. The van der Waals surface area contributed by atoms with E-state index in [0.29, 0.717) is 36.7 Å². The van der Waals surface area contributed by atoms with Gasteiger partial charge in [0.25, 0.3) is 5.91 Å². The maximum absolute atomic E-state index is 12.3. The first-order chi connectivity index (χ1) is 9.15. The van der Waals surface area contributed by atoms with Crippen LogP contribution >= 0.6 is 12.2 Å². The highest BCUT2D eigenvalue weighted by Gasteiger charge is 2.15. The predicted molar refractivity (Wildman–Crippen MR) is 78.0 cm³/mol. The Kier molecular flexibility index (Phi) is 6.99. The van der Waals surface area contributed by atoms with Crippen molar-refractivity contribution in [2.45, 2.75) is 12.8 Å². The Labute approximate surface area is 118 Å². The smallest absolute Gasteiger partial charge is 0.255 e. The topological polar surface area (TPSA) is 68.5 Å². The van der Waals surface area contributed by atoms with Gasteiger partial charge in [0.05, 0.1) is 10.6 Å². The van der Waals surface area contributed by atoms with E-state index >= 15 is 0 Å². The molecule has 0 aromatic carbocycles. The van der Waals surface area contributed by atoms with Gasteiger partial charge >= 0.3 is 0 Å². The highest BCUT2D eigenvalue weighted by atomic mass is 32.1. The van der Waals surface area contributed by atoms with E-state index in [2.05, 4.69) is 4.98 Å². The average molecular weight is 281 g/mol. The molecule has 0 aliphatic carbocycles. The Morgan fingerprint density at radius 1 is 1.53 bits per heavy atom.